The molecule has 13 heavy (non-hydrogen) atoms. The number of aliphatic hydroxyl groups is 2. The molecule has 2 N–H and O–H groups in total. The van der Waals surface area contributed by atoms with Crippen molar-refractivity contribution in [2.24, 2.45) is 0 Å². The number of rotatable bonds is 4. The van der Waals surface area contributed by atoms with E-state index in [0.717, 1.165) is 12.8 Å². The molecule has 0 unspecified atom stereocenters. The first kappa shape index (κ1) is 11.0. The molecule has 1 saturated carbocycles. The molecule has 1 rings (SSSR count). The number of ether oxygens (including phenoxy) is 1. The monoisotopic (exact) mass is 188 g/mol. The van der Waals surface area contributed by atoms with Gasteiger partial charge in [-0.25, -0.2) is 0 Å². The minimum absolute atomic E-state index is 0.0764. The van der Waals surface area contributed by atoms with Crippen molar-refractivity contribution >= 4 is 0 Å². The topological polar surface area (TPSA) is 49.7 Å². The summed E-state index contributed by atoms with van der Waals surface area (Å²) in [5.41, 5.74) is 0. The fraction of sp³-hybridized carbons (Fsp3) is 1.00. The zero-order valence-corrected chi connectivity index (χ0v) is 8.11. The highest BCUT2D eigenvalue weighted by atomic mass is 16.5. The van der Waals surface area contributed by atoms with Crippen molar-refractivity contribution in [3.8, 4) is 0 Å². The summed E-state index contributed by atoms with van der Waals surface area (Å²) in [4.78, 5) is 0. The molecule has 0 aromatic rings. The maximum absolute atomic E-state index is 8.84. The lowest BCUT2D eigenvalue weighted by Gasteiger charge is -2.20. The van der Waals surface area contributed by atoms with Crippen LogP contribution >= 0.6 is 0 Å². The van der Waals surface area contributed by atoms with E-state index in [1.165, 1.54) is 25.7 Å². The van der Waals surface area contributed by atoms with Crippen LogP contribution in [0.15, 0.2) is 0 Å². The standard InChI is InChI=1S/C10H20O3/c11-7-10(8-12)13-9-5-3-1-2-4-6-9/h9-12H,1-8H2. The van der Waals surface area contributed by atoms with Crippen LogP contribution in [0.4, 0.5) is 0 Å². The zero-order chi connectivity index (χ0) is 9.52. The van der Waals surface area contributed by atoms with E-state index in [1.54, 1.807) is 0 Å². The fourth-order valence-corrected chi connectivity index (χ4v) is 1.79. The van der Waals surface area contributed by atoms with Crippen molar-refractivity contribution < 1.29 is 14.9 Å². The lowest BCUT2D eigenvalue weighted by molar-refractivity contribution is -0.0673. The molecule has 0 aromatic heterocycles. The van der Waals surface area contributed by atoms with Gasteiger partial charge in [0, 0.05) is 0 Å². The molecule has 1 aliphatic rings. The number of hydrogen-bond donors (Lipinski definition) is 2. The Hall–Kier alpha value is -0.120. The van der Waals surface area contributed by atoms with Gasteiger partial charge in [0.15, 0.2) is 0 Å². The summed E-state index contributed by atoms with van der Waals surface area (Å²) < 4.78 is 5.57. The number of hydrogen-bond acceptors (Lipinski definition) is 3. The Morgan fingerprint density at radius 2 is 1.54 bits per heavy atom. The highest BCUT2D eigenvalue weighted by Gasteiger charge is 2.16. The second-order valence-electron chi connectivity index (χ2n) is 3.74. The second-order valence-corrected chi connectivity index (χ2v) is 3.74. The van der Waals surface area contributed by atoms with Crippen LogP contribution in [0.1, 0.15) is 38.5 Å². The summed E-state index contributed by atoms with van der Waals surface area (Å²) in [5.74, 6) is 0. The van der Waals surface area contributed by atoms with Crippen LogP contribution in [0.25, 0.3) is 0 Å². The highest BCUT2D eigenvalue weighted by molar-refractivity contribution is 4.66. The molecule has 3 nitrogen and oxygen atoms in total. The van der Waals surface area contributed by atoms with Crippen molar-refractivity contribution in [3.63, 3.8) is 0 Å². The van der Waals surface area contributed by atoms with Gasteiger partial charge in [-0.1, -0.05) is 25.7 Å². The van der Waals surface area contributed by atoms with Gasteiger partial charge in [-0.15, -0.1) is 0 Å². The average molecular weight is 188 g/mol. The van der Waals surface area contributed by atoms with Crippen LogP contribution < -0.4 is 0 Å². The summed E-state index contributed by atoms with van der Waals surface area (Å²) in [6.07, 6.45) is 7.07. The molecule has 0 bridgehead atoms. The van der Waals surface area contributed by atoms with E-state index in [9.17, 15) is 0 Å². The molecule has 0 spiro atoms. The van der Waals surface area contributed by atoms with E-state index in [2.05, 4.69) is 0 Å². The van der Waals surface area contributed by atoms with Gasteiger partial charge in [-0.05, 0) is 12.8 Å². The molecule has 0 amide bonds. The van der Waals surface area contributed by atoms with Crippen molar-refractivity contribution in [2.75, 3.05) is 13.2 Å². The average Bonchev–Trinajstić information content (AvgIpc) is 2.42. The van der Waals surface area contributed by atoms with Gasteiger partial charge in [0.2, 0.25) is 0 Å². The fourth-order valence-electron chi connectivity index (χ4n) is 1.79. The maximum Gasteiger partial charge on any atom is 0.104 e. The van der Waals surface area contributed by atoms with Crippen molar-refractivity contribution in [3.05, 3.63) is 0 Å². The predicted octanol–water partition coefficient (Wildman–Crippen LogP) is 1.08. The van der Waals surface area contributed by atoms with Gasteiger partial charge in [-0.3, -0.25) is 0 Å². The summed E-state index contributed by atoms with van der Waals surface area (Å²) in [5, 5.41) is 17.7. The minimum Gasteiger partial charge on any atom is -0.394 e. The Morgan fingerprint density at radius 1 is 1.00 bits per heavy atom. The lowest BCUT2D eigenvalue weighted by atomic mass is 10.1. The van der Waals surface area contributed by atoms with E-state index in [1.807, 2.05) is 0 Å². The van der Waals surface area contributed by atoms with Crippen LogP contribution in [-0.2, 0) is 4.74 Å². The molecular weight excluding hydrogens is 168 g/mol. The van der Waals surface area contributed by atoms with Crippen LogP contribution in [0.3, 0.4) is 0 Å². The molecule has 0 radical (unpaired) electrons. The number of aliphatic hydroxyl groups excluding tert-OH is 2. The molecule has 0 atom stereocenters. The molecule has 78 valence electrons. The summed E-state index contributed by atoms with van der Waals surface area (Å²) in [6.45, 7) is -0.153. The quantitative estimate of drug-likeness (QED) is 0.649. The van der Waals surface area contributed by atoms with Crippen LogP contribution in [0.5, 0.6) is 0 Å². The van der Waals surface area contributed by atoms with Gasteiger partial charge in [0.05, 0.1) is 19.3 Å². The van der Waals surface area contributed by atoms with Gasteiger partial charge < -0.3 is 14.9 Å². The molecule has 3 heteroatoms. The zero-order valence-electron chi connectivity index (χ0n) is 8.11. The predicted molar refractivity (Wildman–Crippen MR) is 50.5 cm³/mol. The third kappa shape index (κ3) is 4.07. The van der Waals surface area contributed by atoms with Gasteiger partial charge >= 0.3 is 0 Å². The Morgan fingerprint density at radius 3 is 2.00 bits per heavy atom. The van der Waals surface area contributed by atoms with Gasteiger partial charge in [0.25, 0.3) is 0 Å². The van der Waals surface area contributed by atoms with Gasteiger partial charge in [0.1, 0.15) is 6.10 Å². The SMILES string of the molecule is OCC(CO)OC1CCCCCC1. The molecule has 0 saturated heterocycles. The molecule has 0 aromatic carbocycles. The summed E-state index contributed by atoms with van der Waals surface area (Å²) >= 11 is 0. The maximum atomic E-state index is 8.84. The third-order valence-corrected chi connectivity index (χ3v) is 2.59. The smallest absolute Gasteiger partial charge is 0.104 e. The minimum atomic E-state index is -0.372. The van der Waals surface area contributed by atoms with E-state index in [-0.39, 0.29) is 25.4 Å². The van der Waals surface area contributed by atoms with Crippen molar-refractivity contribution in [2.45, 2.75) is 50.7 Å². The lowest BCUT2D eigenvalue weighted by Crippen LogP contribution is -2.28. The second kappa shape index (κ2) is 6.35. The molecule has 1 aliphatic carbocycles. The van der Waals surface area contributed by atoms with E-state index >= 15 is 0 Å². The molecular formula is C10H20O3. The van der Waals surface area contributed by atoms with E-state index < -0.39 is 0 Å². The summed E-state index contributed by atoms with van der Waals surface area (Å²) in [7, 11) is 0. The molecule has 1 fully saturated rings. The highest BCUT2D eigenvalue weighted by Crippen LogP contribution is 2.20. The van der Waals surface area contributed by atoms with Crippen LogP contribution in [0.2, 0.25) is 0 Å². The largest absolute Gasteiger partial charge is 0.394 e. The first-order valence-corrected chi connectivity index (χ1v) is 5.24. The Balaban J connectivity index is 2.24. The Kier molecular flexibility index (Phi) is 5.35. The summed E-state index contributed by atoms with van der Waals surface area (Å²) in [6, 6.07) is 0. The van der Waals surface area contributed by atoms with Crippen molar-refractivity contribution in [1.82, 2.24) is 0 Å². The first-order chi connectivity index (χ1) is 6.36. The molecule has 0 heterocycles. The van der Waals surface area contributed by atoms with E-state index in [4.69, 9.17) is 14.9 Å². The molecule has 0 aliphatic heterocycles. The van der Waals surface area contributed by atoms with Crippen LogP contribution in [-0.4, -0.2) is 35.6 Å². The van der Waals surface area contributed by atoms with Gasteiger partial charge in [-0.2, -0.15) is 0 Å². The van der Waals surface area contributed by atoms with Crippen LogP contribution in [0, 0.1) is 0 Å². The normalized spacial score (nSPS) is 20.5. The van der Waals surface area contributed by atoms with Crippen molar-refractivity contribution in [1.29, 1.82) is 0 Å². The van der Waals surface area contributed by atoms with E-state index in [0.29, 0.717) is 0 Å². The third-order valence-electron chi connectivity index (χ3n) is 2.59. The Labute approximate surface area is 79.7 Å². The first-order valence-electron chi connectivity index (χ1n) is 5.24. The Bertz CT molecular complexity index is 115.